The van der Waals surface area contributed by atoms with Crippen LogP contribution in [0.2, 0.25) is 0 Å². The van der Waals surface area contributed by atoms with Crippen LogP contribution in [0.25, 0.3) is 0 Å². The van der Waals surface area contributed by atoms with E-state index in [-0.39, 0.29) is 43.4 Å². The fourth-order valence-corrected chi connectivity index (χ4v) is 9.62. The summed E-state index contributed by atoms with van der Waals surface area (Å²) in [7, 11) is -4.39. The van der Waals surface area contributed by atoms with E-state index in [4.69, 9.17) is 9.47 Å². The Labute approximate surface area is 332 Å². The summed E-state index contributed by atoms with van der Waals surface area (Å²) in [6, 6.07) is 7.69. The highest BCUT2D eigenvalue weighted by Gasteiger charge is 2.61. The van der Waals surface area contributed by atoms with E-state index in [1.807, 2.05) is 6.07 Å². The van der Waals surface area contributed by atoms with E-state index in [0.29, 0.717) is 25.2 Å². The number of nitrogens with one attached hydrogen (secondary N) is 4. The first-order valence-corrected chi connectivity index (χ1v) is 21.5. The van der Waals surface area contributed by atoms with Crippen molar-refractivity contribution in [2.75, 3.05) is 18.4 Å². The summed E-state index contributed by atoms with van der Waals surface area (Å²) in [5.41, 5.74) is 0.313. The molecule has 1 spiro atoms. The molecule has 4 heterocycles. The summed E-state index contributed by atoms with van der Waals surface area (Å²) < 4.78 is 41.2. The van der Waals surface area contributed by atoms with Crippen molar-refractivity contribution in [2.45, 2.75) is 125 Å². The van der Waals surface area contributed by atoms with Crippen LogP contribution in [0.3, 0.4) is 0 Å². The molecule has 57 heavy (non-hydrogen) atoms. The highest BCUT2D eigenvalue weighted by Crippen LogP contribution is 2.45. The molecule has 2 aromatic rings. The van der Waals surface area contributed by atoms with E-state index in [2.05, 4.69) is 32.2 Å². The number of aromatic nitrogens is 1. The number of alkyl carbamates (subject to hydrolysis) is 1. The molecule has 2 aliphatic carbocycles. The van der Waals surface area contributed by atoms with E-state index in [9.17, 15) is 32.4 Å². The SMILES string of the molecule is C=C[C@@H]1C[C@@]12NC(=O)[C@@H]1C[C@@H](OC(=O)N3Cc4cccnc4C3)CN1C(=O)[C@@H](NC(=O)OC1CCCC1)CCCCCCCNc1ccccc1S(=O)(=O)NC2=O. The molecule has 4 N–H and O–H groups in total. The number of pyridine rings is 1. The van der Waals surface area contributed by atoms with Crippen LogP contribution in [-0.4, -0.2) is 96.0 Å². The zero-order valence-electron chi connectivity index (χ0n) is 32.0. The van der Waals surface area contributed by atoms with Crippen LogP contribution in [0.1, 0.15) is 88.3 Å². The van der Waals surface area contributed by atoms with Gasteiger partial charge in [0.05, 0.1) is 31.0 Å². The number of amides is 5. The molecular formula is C40H51N7O9S. The first kappa shape index (κ1) is 40.0. The number of carbonyl (C=O) groups is 5. The Bertz CT molecular complexity index is 1960. The Hall–Kier alpha value is -5.19. The number of fused-ring (bicyclic) bond motifs is 3. The number of hydrogen-bond acceptors (Lipinski definition) is 11. The van der Waals surface area contributed by atoms with E-state index in [1.165, 1.54) is 21.9 Å². The van der Waals surface area contributed by atoms with Gasteiger partial charge in [0.2, 0.25) is 11.8 Å². The topological polar surface area (TPSA) is 205 Å². The van der Waals surface area contributed by atoms with Gasteiger partial charge in [-0.3, -0.25) is 24.3 Å². The second kappa shape index (κ2) is 17.1. The van der Waals surface area contributed by atoms with Crippen molar-refractivity contribution in [1.29, 1.82) is 0 Å². The number of sulfonamides is 1. The predicted octanol–water partition coefficient (Wildman–Crippen LogP) is 3.87. The molecule has 2 saturated carbocycles. The van der Waals surface area contributed by atoms with Crippen molar-refractivity contribution in [3.63, 3.8) is 0 Å². The van der Waals surface area contributed by atoms with Gasteiger partial charge < -0.3 is 30.3 Å². The van der Waals surface area contributed by atoms with Crippen LogP contribution >= 0.6 is 0 Å². The Morgan fingerprint density at radius 2 is 1.68 bits per heavy atom. The fourth-order valence-electron chi connectivity index (χ4n) is 8.39. The van der Waals surface area contributed by atoms with Gasteiger partial charge in [0.15, 0.2) is 0 Å². The molecule has 306 valence electrons. The van der Waals surface area contributed by atoms with Crippen molar-refractivity contribution >= 4 is 45.6 Å². The summed E-state index contributed by atoms with van der Waals surface area (Å²) >= 11 is 0. The molecule has 5 atom stereocenters. The Balaban J connectivity index is 1.15. The molecule has 1 saturated heterocycles. The molecule has 16 nitrogen and oxygen atoms in total. The lowest BCUT2D eigenvalue weighted by molar-refractivity contribution is -0.141. The third-order valence-corrected chi connectivity index (χ3v) is 13.1. The van der Waals surface area contributed by atoms with Crippen molar-refractivity contribution in [3.05, 3.63) is 66.5 Å². The van der Waals surface area contributed by atoms with Crippen molar-refractivity contribution in [3.8, 4) is 0 Å². The number of nitrogens with zero attached hydrogens (tertiary/aromatic N) is 3. The smallest absolute Gasteiger partial charge is 0.410 e. The summed E-state index contributed by atoms with van der Waals surface area (Å²) in [4.78, 5) is 76.5. The number of benzene rings is 1. The molecule has 1 aromatic heterocycles. The van der Waals surface area contributed by atoms with Crippen LogP contribution in [0, 0.1) is 5.92 Å². The monoisotopic (exact) mass is 805 g/mol. The van der Waals surface area contributed by atoms with Gasteiger partial charge >= 0.3 is 12.2 Å². The average molecular weight is 806 g/mol. The summed E-state index contributed by atoms with van der Waals surface area (Å²) in [5, 5.41) is 8.73. The largest absolute Gasteiger partial charge is 0.446 e. The molecule has 0 unspecified atom stereocenters. The van der Waals surface area contributed by atoms with E-state index >= 15 is 0 Å². The number of para-hydroxylation sites is 1. The molecule has 7 rings (SSSR count). The first-order chi connectivity index (χ1) is 27.5. The highest BCUT2D eigenvalue weighted by molar-refractivity contribution is 7.90. The Morgan fingerprint density at radius 3 is 2.46 bits per heavy atom. The molecule has 3 aliphatic heterocycles. The number of anilines is 1. The summed E-state index contributed by atoms with van der Waals surface area (Å²) in [6.07, 6.45) is 7.98. The maximum atomic E-state index is 14.6. The Kier molecular flexibility index (Phi) is 12.0. The minimum Gasteiger partial charge on any atom is -0.446 e. The molecular weight excluding hydrogens is 755 g/mol. The predicted molar refractivity (Wildman–Crippen MR) is 207 cm³/mol. The molecule has 5 aliphatic rings. The molecule has 3 fully saturated rings. The molecule has 17 heteroatoms. The zero-order valence-corrected chi connectivity index (χ0v) is 32.8. The minimum atomic E-state index is -4.39. The van der Waals surface area contributed by atoms with Gasteiger partial charge in [0.25, 0.3) is 15.9 Å². The third kappa shape index (κ3) is 9.03. The van der Waals surface area contributed by atoms with E-state index < -0.39 is 69.6 Å². The lowest BCUT2D eigenvalue weighted by Gasteiger charge is -2.30. The van der Waals surface area contributed by atoms with Crippen LogP contribution < -0.4 is 20.7 Å². The van der Waals surface area contributed by atoms with Crippen LogP contribution in [-0.2, 0) is 47.0 Å². The molecule has 5 amide bonds. The van der Waals surface area contributed by atoms with Crippen LogP contribution in [0.4, 0.5) is 15.3 Å². The quantitative estimate of drug-likeness (QED) is 0.327. The van der Waals surface area contributed by atoms with Gasteiger partial charge in [-0.2, -0.15) is 0 Å². The molecule has 1 aromatic carbocycles. The lowest BCUT2D eigenvalue weighted by Crippen LogP contribution is -2.58. The van der Waals surface area contributed by atoms with Crippen molar-refractivity contribution in [2.24, 2.45) is 5.92 Å². The summed E-state index contributed by atoms with van der Waals surface area (Å²) in [6.45, 7) is 4.66. The number of carbonyl (C=O) groups excluding carboxylic acids is 5. The van der Waals surface area contributed by atoms with Gasteiger partial charge in [0.1, 0.15) is 34.7 Å². The van der Waals surface area contributed by atoms with Crippen LogP contribution in [0.15, 0.2) is 60.1 Å². The standard InChI is InChI=1S/C40H51N7O9S/c1-2-27-22-40(27)37(50)45-57(53,54)34-18-10-9-16-30(34)41-19-11-5-3-4-6-17-31(43-38(51)55-28-14-7-8-15-28)36(49)47-24-29(21-33(47)35(48)44-40)56-39(52)46-23-26-13-12-20-42-32(26)25-46/h2,9-10,12-13,16,18,20,27-29,31,33,41H,1,3-8,11,14-15,17,19,21-25H2,(H,43,51)(H,44,48)(H,45,50)/t27-,29-,31+,33+,40-/m1/s1. The van der Waals surface area contributed by atoms with Gasteiger partial charge in [-0.1, -0.05) is 50.0 Å². The summed E-state index contributed by atoms with van der Waals surface area (Å²) in [5.74, 6) is -2.84. The zero-order chi connectivity index (χ0) is 40.2. The van der Waals surface area contributed by atoms with Crippen molar-refractivity contribution in [1.82, 2.24) is 30.1 Å². The highest BCUT2D eigenvalue weighted by atomic mass is 32.2. The molecule has 0 bridgehead atoms. The minimum absolute atomic E-state index is 0.0727. The van der Waals surface area contributed by atoms with Gasteiger partial charge in [0, 0.05) is 25.1 Å². The maximum absolute atomic E-state index is 14.6. The van der Waals surface area contributed by atoms with E-state index in [0.717, 1.165) is 62.6 Å². The average Bonchev–Trinajstić information content (AvgIpc) is 3.58. The number of hydrogen-bond donors (Lipinski definition) is 4. The second-order valence-electron chi connectivity index (χ2n) is 15.6. The van der Waals surface area contributed by atoms with Crippen molar-refractivity contribution < 1.29 is 41.9 Å². The fraction of sp³-hybridized carbons (Fsp3) is 0.550. The lowest BCUT2D eigenvalue weighted by atomic mass is 10.0. The number of ether oxygens (including phenoxy) is 2. The van der Waals surface area contributed by atoms with Gasteiger partial charge in [-0.15, -0.1) is 6.58 Å². The first-order valence-electron chi connectivity index (χ1n) is 20.0. The van der Waals surface area contributed by atoms with E-state index in [1.54, 1.807) is 30.5 Å². The van der Waals surface area contributed by atoms with Crippen LogP contribution in [0.5, 0.6) is 0 Å². The third-order valence-electron chi connectivity index (χ3n) is 11.7. The second-order valence-corrected chi connectivity index (χ2v) is 17.3. The molecule has 0 radical (unpaired) electrons. The Morgan fingerprint density at radius 1 is 0.930 bits per heavy atom. The maximum Gasteiger partial charge on any atom is 0.410 e. The normalized spacial score (nSPS) is 28.2. The van der Waals surface area contributed by atoms with Gasteiger partial charge in [-0.05, 0) is 68.7 Å². The number of rotatable bonds is 4. The van der Waals surface area contributed by atoms with Gasteiger partial charge in [-0.25, -0.2) is 22.7 Å².